The molecule has 1 aromatic heterocycles. The minimum atomic E-state index is -0.348. The number of benzene rings is 1. The summed E-state index contributed by atoms with van der Waals surface area (Å²) in [5.41, 5.74) is 0.418. The lowest BCUT2D eigenvalue weighted by Gasteiger charge is -2.18. The number of hydrogen-bond donors (Lipinski definition) is 0. The number of likely N-dealkylation sites (tertiary alicyclic amines) is 1. The molecule has 1 saturated heterocycles. The van der Waals surface area contributed by atoms with Gasteiger partial charge >= 0.3 is 0 Å². The van der Waals surface area contributed by atoms with E-state index in [1.165, 1.54) is 6.07 Å². The van der Waals surface area contributed by atoms with Crippen molar-refractivity contribution in [1.82, 2.24) is 14.9 Å². The highest BCUT2D eigenvalue weighted by atomic mass is 19.1. The lowest BCUT2D eigenvalue weighted by atomic mass is 10.1. The zero-order valence-corrected chi connectivity index (χ0v) is 14.4. The first-order valence-corrected chi connectivity index (χ1v) is 8.20. The van der Waals surface area contributed by atoms with E-state index in [-0.39, 0.29) is 24.2 Å². The van der Waals surface area contributed by atoms with E-state index in [1.807, 2.05) is 19.0 Å². The summed E-state index contributed by atoms with van der Waals surface area (Å²) in [5.74, 6) is 0.713. The topological polar surface area (TPSA) is 58.6 Å². The van der Waals surface area contributed by atoms with Gasteiger partial charge in [-0.15, -0.1) is 0 Å². The summed E-state index contributed by atoms with van der Waals surface area (Å²) in [6.07, 6.45) is 3.88. The summed E-state index contributed by atoms with van der Waals surface area (Å²) in [6.45, 7) is 1.07. The molecule has 0 N–H and O–H groups in total. The lowest BCUT2D eigenvalue weighted by molar-refractivity contribution is -0.129. The molecule has 1 amide bonds. The number of aromatic nitrogens is 2. The van der Waals surface area contributed by atoms with E-state index in [0.717, 1.165) is 6.42 Å². The third-order valence-corrected chi connectivity index (χ3v) is 4.14. The van der Waals surface area contributed by atoms with Crippen LogP contribution in [0, 0.1) is 5.82 Å². The summed E-state index contributed by atoms with van der Waals surface area (Å²) >= 11 is 0. The number of carbonyl (C=O) groups is 1. The molecule has 1 aliphatic heterocycles. The Bertz CT molecular complexity index is 753. The number of amides is 1. The number of rotatable bonds is 5. The first-order valence-electron chi connectivity index (χ1n) is 8.20. The third-order valence-electron chi connectivity index (χ3n) is 4.14. The van der Waals surface area contributed by atoms with Gasteiger partial charge in [0.25, 0.3) is 0 Å². The van der Waals surface area contributed by atoms with Crippen molar-refractivity contribution in [3.05, 3.63) is 48.0 Å². The van der Waals surface area contributed by atoms with Crippen molar-refractivity contribution >= 4 is 11.7 Å². The zero-order chi connectivity index (χ0) is 17.8. The minimum Gasteiger partial charge on any atom is -0.471 e. The van der Waals surface area contributed by atoms with E-state index >= 15 is 0 Å². The minimum absolute atomic E-state index is 0.0648. The van der Waals surface area contributed by atoms with Gasteiger partial charge in [0.15, 0.2) is 5.82 Å². The molecule has 0 radical (unpaired) electrons. The number of hydrogen-bond acceptors (Lipinski definition) is 5. The highest BCUT2D eigenvalue weighted by Gasteiger charge is 2.28. The van der Waals surface area contributed by atoms with Crippen LogP contribution in [0.4, 0.5) is 10.2 Å². The Balaban J connectivity index is 1.57. The summed E-state index contributed by atoms with van der Waals surface area (Å²) in [5, 5.41) is 0. The van der Waals surface area contributed by atoms with Crippen molar-refractivity contribution in [2.45, 2.75) is 18.9 Å². The summed E-state index contributed by atoms with van der Waals surface area (Å²) < 4.78 is 19.5. The maximum absolute atomic E-state index is 13.7. The van der Waals surface area contributed by atoms with Gasteiger partial charge in [-0.1, -0.05) is 18.2 Å². The van der Waals surface area contributed by atoms with Crippen LogP contribution in [0.15, 0.2) is 36.7 Å². The molecule has 7 heteroatoms. The molecular weight excluding hydrogens is 323 g/mol. The quantitative estimate of drug-likeness (QED) is 0.829. The lowest BCUT2D eigenvalue weighted by Crippen LogP contribution is -2.32. The predicted molar refractivity (Wildman–Crippen MR) is 92.1 cm³/mol. The maximum Gasteiger partial charge on any atom is 0.234 e. The van der Waals surface area contributed by atoms with E-state index < -0.39 is 0 Å². The van der Waals surface area contributed by atoms with Gasteiger partial charge in [-0.3, -0.25) is 9.78 Å². The van der Waals surface area contributed by atoms with Crippen LogP contribution < -0.4 is 9.64 Å². The van der Waals surface area contributed by atoms with Gasteiger partial charge in [-0.25, -0.2) is 4.39 Å². The normalized spacial score (nSPS) is 16.8. The van der Waals surface area contributed by atoms with Gasteiger partial charge in [-0.2, -0.15) is 4.98 Å². The molecule has 1 aliphatic rings. The van der Waals surface area contributed by atoms with E-state index in [9.17, 15) is 9.18 Å². The van der Waals surface area contributed by atoms with Crippen molar-refractivity contribution < 1.29 is 13.9 Å². The van der Waals surface area contributed by atoms with Crippen LogP contribution in [-0.4, -0.2) is 54.1 Å². The molecule has 25 heavy (non-hydrogen) atoms. The number of anilines is 1. The molecular formula is C18H21FN4O2. The Morgan fingerprint density at radius 1 is 1.36 bits per heavy atom. The number of halogens is 1. The average Bonchev–Trinajstić information content (AvgIpc) is 3.06. The SMILES string of the molecule is CN(C)c1cncc(OC2CCN(C(=O)Cc3ccccc3F)C2)n1. The van der Waals surface area contributed by atoms with Crippen LogP contribution in [0.1, 0.15) is 12.0 Å². The number of nitrogens with zero attached hydrogens (tertiary/aromatic N) is 4. The van der Waals surface area contributed by atoms with Crippen molar-refractivity contribution in [2.75, 3.05) is 32.1 Å². The molecule has 3 rings (SSSR count). The van der Waals surface area contributed by atoms with Gasteiger partial charge in [0, 0.05) is 27.1 Å². The molecule has 1 fully saturated rings. The van der Waals surface area contributed by atoms with Gasteiger partial charge in [-0.05, 0) is 11.6 Å². The van der Waals surface area contributed by atoms with Gasteiger partial charge in [0.05, 0.1) is 25.4 Å². The Hall–Kier alpha value is -2.70. The van der Waals surface area contributed by atoms with Crippen molar-refractivity contribution in [1.29, 1.82) is 0 Å². The molecule has 1 aromatic carbocycles. The Morgan fingerprint density at radius 2 is 2.16 bits per heavy atom. The molecule has 2 aromatic rings. The molecule has 0 saturated carbocycles. The van der Waals surface area contributed by atoms with Crippen LogP contribution in [-0.2, 0) is 11.2 Å². The summed E-state index contributed by atoms with van der Waals surface area (Å²) in [6, 6.07) is 6.36. The van der Waals surface area contributed by atoms with E-state index in [1.54, 1.807) is 35.5 Å². The fourth-order valence-corrected chi connectivity index (χ4v) is 2.75. The Morgan fingerprint density at radius 3 is 2.92 bits per heavy atom. The van der Waals surface area contributed by atoms with Crippen LogP contribution in [0.2, 0.25) is 0 Å². The van der Waals surface area contributed by atoms with Gasteiger partial charge in [0.2, 0.25) is 11.8 Å². The average molecular weight is 344 g/mol. The number of ether oxygens (including phenoxy) is 1. The molecule has 0 aliphatic carbocycles. The second kappa shape index (κ2) is 7.46. The fraction of sp³-hybridized carbons (Fsp3) is 0.389. The maximum atomic E-state index is 13.7. The third kappa shape index (κ3) is 4.23. The Kier molecular flexibility index (Phi) is 5.11. The molecule has 0 spiro atoms. The van der Waals surface area contributed by atoms with Gasteiger partial charge in [0.1, 0.15) is 11.9 Å². The molecule has 2 heterocycles. The van der Waals surface area contributed by atoms with Crippen molar-refractivity contribution in [3.8, 4) is 5.88 Å². The first-order chi connectivity index (χ1) is 12.0. The molecule has 6 nitrogen and oxygen atoms in total. The van der Waals surface area contributed by atoms with Crippen molar-refractivity contribution in [2.24, 2.45) is 0 Å². The first kappa shape index (κ1) is 17.1. The fourth-order valence-electron chi connectivity index (χ4n) is 2.75. The highest BCUT2D eigenvalue weighted by molar-refractivity contribution is 5.79. The van der Waals surface area contributed by atoms with Crippen LogP contribution >= 0.6 is 0 Å². The highest BCUT2D eigenvalue weighted by Crippen LogP contribution is 2.19. The second-order valence-corrected chi connectivity index (χ2v) is 6.25. The smallest absolute Gasteiger partial charge is 0.234 e. The molecule has 132 valence electrons. The van der Waals surface area contributed by atoms with E-state index in [0.29, 0.717) is 30.4 Å². The number of carbonyl (C=O) groups excluding carboxylic acids is 1. The standard InChI is InChI=1S/C18H21FN4O2/c1-22(2)16-10-20-11-17(21-16)25-14-7-8-23(12-14)18(24)9-13-5-3-4-6-15(13)19/h3-6,10-11,14H,7-9,12H2,1-2H3. The monoisotopic (exact) mass is 344 g/mol. The predicted octanol–water partition coefficient (Wildman–Crippen LogP) is 1.90. The Labute approximate surface area is 146 Å². The molecule has 1 atom stereocenters. The molecule has 0 bridgehead atoms. The second-order valence-electron chi connectivity index (χ2n) is 6.25. The van der Waals surface area contributed by atoms with E-state index in [4.69, 9.17) is 4.74 Å². The van der Waals surface area contributed by atoms with Gasteiger partial charge < -0.3 is 14.5 Å². The largest absolute Gasteiger partial charge is 0.471 e. The summed E-state index contributed by atoms with van der Waals surface area (Å²) in [4.78, 5) is 24.4. The summed E-state index contributed by atoms with van der Waals surface area (Å²) in [7, 11) is 3.76. The zero-order valence-electron chi connectivity index (χ0n) is 14.4. The van der Waals surface area contributed by atoms with Crippen LogP contribution in [0.3, 0.4) is 0 Å². The van der Waals surface area contributed by atoms with Crippen LogP contribution in [0.5, 0.6) is 5.88 Å². The molecule has 1 unspecified atom stereocenters. The van der Waals surface area contributed by atoms with E-state index in [2.05, 4.69) is 9.97 Å². The van der Waals surface area contributed by atoms with Crippen molar-refractivity contribution in [3.63, 3.8) is 0 Å². The van der Waals surface area contributed by atoms with Crippen LogP contribution in [0.25, 0.3) is 0 Å².